The molecule has 0 aliphatic carbocycles. The summed E-state index contributed by atoms with van der Waals surface area (Å²) in [5.41, 5.74) is 8.38. The van der Waals surface area contributed by atoms with E-state index in [1.54, 1.807) is 0 Å². The molecule has 7 heteroatoms. The van der Waals surface area contributed by atoms with Crippen molar-refractivity contribution in [3.63, 3.8) is 0 Å². The van der Waals surface area contributed by atoms with E-state index >= 15 is 0 Å². The summed E-state index contributed by atoms with van der Waals surface area (Å²) in [6, 6.07) is 8.00. The van der Waals surface area contributed by atoms with Crippen molar-refractivity contribution >= 4 is 22.8 Å². The Bertz CT molecular complexity index is 874. The van der Waals surface area contributed by atoms with E-state index in [0.29, 0.717) is 12.4 Å². The standard InChI is InChI=1S/C19H26N6O/c1-4-5-10-21-18-17-15(22-19(20)23-18)12-25(24-17)11-14-8-6-7-9-16(14)26-13(2)3/h6-9,12-13H,4-5,10-11H2,1-3H3,(H3,20,21,22,23). The molecule has 26 heavy (non-hydrogen) atoms. The number of nitrogens with two attached hydrogens (primary N) is 1. The molecule has 0 fully saturated rings. The number of unbranched alkanes of at least 4 members (excludes halogenated alkanes) is 1. The predicted molar refractivity (Wildman–Crippen MR) is 104 cm³/mol. The van der Waals surface area contributed by atoms with E-state index in [1.807, 2.05) is 49.0 Å². The van der Waals surface area contributed by atoms with Crippen LogP contribution in [-0.2, 0) is 6.54 Å². The number of anilines is 2. The van der Waals surface area contributed by atoms with Crippen LogP contribution >= 0.6 is 0 Å². The number of aromatic nitrogens is 4. The van der Waals surface area contributed by atoms with E-state index in [0.717, 1.165) is 41.7 Å². The zero-order valence-electron chi connectivity index (χ0n) is 15.6. The zero-order valence-corrected chi connectivity index (χ0v) is 15.6. The van der Waals surface area contributed by atoms with Crippen LogP contribution in [0.15, 0.2) is 30.5 Å². The number of hydrogen-bond donors (Lipinski definition) is 2. The van der Waals surface area contributed by atoms with Gasteiger partial charge >= 0.3 is 0 Å². The van der Waals surface area contributed by atoms with Crippen LogP contribution in [0.25, 0.3) is 11.0 Å². The third-order valence-electron chi connectivity index (χ3n) is 3.92. The highest BCUT2D eigenvalue weighted by Gasteiger charge is 2.12. The summed E-state index contributed by atoms with van der Waals surface area (Å²) in [5.74, 6) is 1.81. The Morgan fingerprint density at radius 1 is 1.23 bits per heavy atom. The summed E-state index contributed by atoms with van der Waals surface area (Å²) < 4.78 is 7.75. The number of nitrogens with zero attached hydrogens (tertiary/aromatic N) is 4. The average molecular weight is 354 g/mol. The summed E-state index contributed by atoms with van der Waals surface area (Å²) in [4.78, 5) is 8.62. The fourth-order valence-electron chi connectivity index (χ4n) is 2.74. The first-order valence-electron chi connectivity index (χ1n) is 9.06. The molecule has 0 bridgehead atoms. The summed E-state index contributed by atoms with van der Waals surface area (Å²) >= 11 is 0. The van der Waals surface area contributed by atoms with Crippen molar-refractivity contribution in [1.82, 2.24) is 19.7 Å². The van der Waals surface area contributed by atoms with Gasteiger partial charge in [0.1, 0.15) is 11.3 Å². The molecule has 2 heterocycles. The number of hydrogen-bond acceptors (Lipinski definition) is 6. The van der Waals surface area contributed by atoms with Crippen molar-refractivity contribution in [2.75, 3.05) is 17.6 Å². The molecule has 0 unspecified atom stereocenters. The Kier molecular flexibility index (Phi) is 5.55. The molecule has 3 rings (SSSR count). The molecule has 3 aromatic rings. The smallest absolute Gasteiger partial charge is 0.222 e. The molecule has 3 N–H and O–H groups in total. The lowest BCUT2D eigenvalue weighted by atomic mass is 10.2. The molecule has 0 spiro atoms. The first-order chi connectivity index (χ1) is 12.6. The zero-order chi connectivity index (χ0) is 18.5. The highest BCUT2D eigenvalue weighted by atomic mass is 16.5. The van der Waals surface area contributed by atoms with Gasteiger partial charge in [-0.05, 0) is 26.3 Å². The van der Waals surface area contributed by atoms with Gasteiger partial charge in [0.2, 0.25) is 5.95 Å². The van der Waals surface area contributed by atoms with Gasteiger partial charge in [-0.25, -0.2) is 4.98 Å². The molecule has 138 valence electrons. The van der Waals surface area contributed by atoms with Gasteiger partial charge in [0.05, 0.1) is 18.8 Å². The molecule has 0 saturated carbocycles. The monoisotopic (exact) mass is 354 g/mol. The first-order valence-corrected chi connectivity index (χ1v) is 9.06. The minimum Gasteiger partial charge on any atom is -0.491 e. The second kappa shape index (κ2) is 8.03. The molecular formula is C19H26N6O. The lowest BCUT2D eigenvalue weighted by Gasteiger charge is -2.14. The van der Waals surface area contributed by atoms with Crippen LogP contribution in [0.5, 0.6) is 5.75 Å². The Morgan fingerprint density at radius 2 is 2.04 bits per heavy atom. The van der Waals surface area contributed by atoms with Crippen LogP contribution in [0.3, 0.4) is 0 Å². The number of para-hydroxylation sites is 1. The van der Waals surface area contributed by atoms with Crippen molar-refractivity contribution in [3.05, 3.63) is 36.0 Å². The number of nitrogens with one attached hydrogen (secondary N) is 1. The summed E-state index contributed by atoms with van der Waals surface area (Å²) in [7, 11) is 0. The number of ether oxygens (including phenoxy) is 1. The SMILES string of the molecule is CCCCNc1nc(N)nc2cn(Cc3ccccc3OC(C)C)nc12. The van der Waals surface area contributed by atoms with E-state index in [-0.39, 0.29) is 12.1 Å². The van der Waals surface area contributed by atoms with Crippen molar-refractivity contribution in [1.29, 1.82) is 0 Å². The fourth-order valence-corrected chi connectivity index (χ4v) is 2.74. The Hall–Kier alpha value is -2.83. The number of fused-ring (bicyclic) bond motifs is 1. The van der Waals surface area contributed by atoms with Crippen molar-refractivity contribution in [3.8, 4) is 5.75 Å². The van der Waals surface area contributed by atoms with E-state index in [1.165, 1.54) is 0 Å². The number of nitrogen functional groups attached to an aromatic ring is 1. The minimum absolute atomic E-state index is 0.118. The minimum atomic E-state index is 0.118. The van der Waals surface area contributed by atoms with Crippen LogP contribution in [-0.4, -0.2) is 32.4 Å². The molecule has 0 aliphatic rings. The number of benzene rings is 1. The van der Waals surface area contributed by atoms with Gasteiger partial charge in [-0.1, -0.05) is 31.5 Å². The predicted octanol–water partition coefficient (Wildman–Crippen LogP) is 3.46. The van der Waals surface area contributed by atoms with Crippen LogP contribution in [0.1, 0.15) is 39.2 Å². The van der Waals surface area contributed by atoms with Crippen LogP contribution in [0.4, 0.5) is 11.8 Å². The molecule has 0 atom stereocenters. The normalized spacial score (nSPS) is 11.2. The van der Waals surface area contributed by atoms with E-state index in [9.17, 15) is 0 Å². The summed E-state index contributed by atoms with van der Waals surface area (Å²) in [6.07, 6.45) is 4.18. The summed E-state index contributed by atoms with van der Waals surface area (Å²) in [5, 5.41) is 7.98. The lowest BCUT2D eigenvalue weighted by molar-refractivity contribution is 0.239. The van der Waals surface area contributed by atoms with Gasteiger partial charge in [0.25, 0.3) is 0 Å². The highest BCUT2D eigenvalue weighted by Crippen LogP contribution is 2.23. The highest BCUT2D eigenvalue weighted by molar-refractivity contribution is 5.85. The lowest BCUT2D eigenvalue weighted by Crippen LogP contribution is -2.09. The quantitative estimate of drug-likeness (QED) is 0.602. The maximum Gasteiger partial charge on any atom is 0.222 e. The van der Waals surface area contributed by atoms with Crippen LogP contribution in [0, 0.1) is 0 Å². The summed E-state index contributed by atoms with van der Waals surface area (Å²) in [6.45, 7) is 7.61. The molecule has 0 amide bonds. The molecule has 0 aliphatic heterocycles. The number of rotatable bonds is 8. The maximum atomic E-state index is 5.90. The van der Waals surface area contributed by atoms with Gasteiger partial charge in [-0.2, -0.15) is 10.1 Å². The van der Waals surface area contributed by atoms with E-state index < -0.39 is 0 Å². The van der Waals surface area contributed by atoms with Crippen molar-refractivity contribution in [2.24, 2.45) is 0 Å². The first kappa shape index (κ1) is 18.0. The maximum absolute atomic E-state index is 5.90. The van der Waals surface area contributed by atoms with Gasteiger partial charge in [0, 0.05) is 12.1 Å². The molecule has 0 saturated heterocycles. The third-order valence-corrected chi connectivity index (χ3v) is 3.92. The second-order valence-electron chi connectivity index (χ2n) is 6.55. The fraction of sp³-hybridized carbons (Fsp3) is 0.421. The Labute approximate surface area is 153 Å². The van der Waals surface area contributed by atoms with Gasteiger partial charge in [-0.15, -0.1) is 0 Å². The Morgan fingerprint density at radius 3 is 2.81 bits per heavy atom. The Balaban J connectivity index is 1.89. The molecule has 7 nitrogen and oxygen atoms in total. The van der Waals surface area contributed by atoms with Crippen molar-refractivity contribution < 1.29 is 4.74 Å². The second-order valence-corrected chi connectivity index (χ2v) is 6.55. The molecule has 1 aromatic carbocycles. The molecular weight excluding hydrogens is 328 g/mol. The molecule has 0 radical (unpaired) electrons. The van der Waals surface area contributed by atoms with Gasteiger partial charge in [0.15, 0.2) is 11.3 Å². The van der Waals surface area contributed by atoms with Crippen LogP contribution in [0.2, 0.25) is 0 Å². The van der Waals surface area contributed by atoms with Gasteiger partial charge in [-0.3, -0.25) is 4.68 Å². The van der Waals surface area contributed by atoms with E-state index in [2.05, 4.69) is 27.3 Å². The van der Waals surface area contributed by atoms with Gasteiger partial charge < -0.3 is 15.8 Å². The van der Waals surface area contributed by atoms with Crippen LogP contribution < -0.4 is 15.8 Å². The topological polar surface area (TPSA) is 90.9 Å². The average Bonchev–Trinajstić information content (AvgIpc) is 2.98. The largest absolute Gasteiger partial charge is 0.491 e. The molecule has 2 aromatic heterocycles. The third kappa shape index (κ3) is 4.22. The van der Waals surface area contributed by atoms with E-state index in [4.69, 9.17) is 10.5 Å². The van der Waals surface area contributed by atoms with Crippen molar-refractivity contribution in [2.45, 2.75) is 46.3 Å².